The minimum atomic E-state index is -0.853. The molecule has 0 aromatic heterocycles. The van der Waals surface area contributed by atoms with Crippen LogP contribution in [0.5, 0.6) is 5.75 Å². The van der Waals surface area contributed by atoms with Gasteiger partial charge in [0.25, 0.3) is 0 Å². The van der Waals surface area contributed by atoms with Crippen molar-refractivity contribution in [3.63, 3.8) is 0 Å². The highest BCUT2D eigenvalue weighted by molar-refractivity contribution is 5.92. The number of nitrogens with one attached hydrogen (secondary N) is 1. The van der Waals surface area contributed by atoms with Gasteiger partial charge >= 0.3 is 0 Å². The first-order valence-electron chi connectivity index (χ1n) is 7.70. The number of carbonyl (C=O) groups excluding carboxylic acids is 1. The van der Waals surface area contributed by atoms with Crippen molar-refractivity contribution >= 4 is 11.6 Å². The lowest BCUT2D eigenvalue weighted by atomic mass is 9.88. The molecule has 1 aliphatic rings. The first kappa shape index (κ1) is 15.8. The Bertz CT molecular complexity index is 456. The van der Waals surface area contributed by atoms with Crippen LogP contribution in [-0.2, 0) is 4.79 Å². The molecule has 0 saturated heterocycles. The maximum Gasteiger partial charge on any atom is 0.227 e. The third kappa shape index (κ3) is 5.38. The second-order valence-corrected chi connectivity index (χ2v) is 6.45. The fourth-order valence-corrected chi connectivity index (χ4v) is 2.50. The van der Waals surface area contributed by atoms with Crippen molar-refractivity contribution in [2.24, 2.45) is 5.92 Å². The van der Waals surface area contributed by atoms with E-state index in [1.54, 1.807) is 13.8 Å². The van der Waals surface area contributed by atoms with Gasteiger partial charge in [0.1, 0.15) is 12.4 Å². The van der Waals surface area contributed by atoms with Gasteiger partial charge in [0.05, 0.1) is 5.60 Å². The summed E-state index contributed by atoms with van der Waals surface area (Å²) in [7, 11) is 0. The van der Waals surface area contributed by atoms with E-state index in [2.05, 4.69) is 5.32 Å². The van der Waals surface area contributed by atoms with E-state index in [1.165, 1.54) is 6.42 Å². The normalized spacial score (nSPS) is 16.5. The topological polar surface area (TPSA) is 58.6 Å². The van der Waals surface area contributed by atoms with Gasteiger partial charge in [0.2, 0.25) is 5.91 Å². The zero-order valence-corrected chi connectivity index (χ0v) is 12.9. The smallest absolute Gasteiger partial charge is 0.227 e. The summed E-state index contributed by atoms with van der Waals surface area (Å²) in [6.45, 7) is 3.64. The second-order valence-electron chi connectivity index (χ2n) is 6.45. The molecule has 0 radical (unpaired) electrons. The summed E-state index contributed by atoms with van der Waals surface area (Å²) in [5.41, 5.74) is -0.0605. The molecule has 0 spiro atoms. The molecule has 0 unspecified atom stereocenters. The van der Waals surface area contributed by atoms with Gasteiger partial charge in [-0.2, -0.15) is 0 Å². The highest BCUT2D eigenvalue weighted by Crippen LogP contribution is 2.25. The molecule has 0 bridgehead atoms. The largest absolute Gasteiger partial charge is 0.491 e. The minimum Gasteiger partial charge on any atom is -0.491 e. The minimum absolute atomic E-state index is 0.125. The fraction of sp³-hybridized carbons (Fsp3) is 0.588. The molecule has 1 aliphatic carbocycles. The molecular formula is C17H25NO3. The number of hydrogen-bond donors (Lipinski definition) is 2. The van der Waals surface area contributed by atoms with Crippen molar-refractivity contribution in [3.05, 3.63) is 24.3 Å². The van der Waals surface area contributed by atoms with E-state index in [4.69, 9.17) is 4.74 Å². The van der Waals surface area contributed by atoms with Gasteiger partial charge in [0.15, 0.2) is 0 Å². The summed E-state index contributed by atoms with van der Waals surface area (Å²) < 4.78 is 5.48. The predicted octanol–water partition coefficient (Wildman–Crippen LogP) is 3.36. The number of hydrogen-bond acceptors (Lipinski definition) is 3. The van der Waals surface area contributed by atoms with Crippen LogP contribution >= 0.6 is 0 Å². The first-order valence-corrected chi connectivity index (χ1v) is 7.70. The van der Waals surface area contributed by atoms with Gasteiger partial charge in [-0.15, -0.1) is 0 Å². The van der Waals surface area contributed by atoms with Crippen molar-refractivity contribution in [2.75, 3.05) is 11.9 Å². The third-order valence-corrected chi connectivity index (χ3v) is 3.69. The van der Waals surface area contributed by atoms with Crippen LogP contribution in [0.25, 0.3) is 0 Å². The van der Waals surface area contributed by atoms with Crippen molar-refractivity contribution in [1.29, 1.82) is 0 Å². The number of aliphatic hydroxyl groups is 1. The summed E-state index contributed by atoms with van der Waals surface area (Å²) in [4.78, 5) is 12.1. The number of anilines is 1. The molecule has 0 aliphatic heterocycles. The molecule has 1 saturated carbocycles. The Kier molecular flexibility index (Phi) is 5.23. The second kappa shape index (κ2) is 6.94. The Labute approximate surface area is 126 Å². The Morgan fingerprint density at radius 3 is 2.43 bits per heavy atom. The molecule has 0 heterocycles. The lowest BCUT2D eigenvalue weighted by molar-refractivity contribution is -0.120. The summed E-state index contributed by atoms with van der Waals surface area (Å²) in [6.07, 6.45) is 5.55. The molecule has 1 aromatic rings. The average molecular weight is 291 g/mol. The number of amides is 1. The molecule has 2 rings (SSSR count). The highest BCUT2D eigenvalue weighted by atomic mass is 16.5. The van der Waals surface area contributed by atoms with E-state index in [0.717, 1.165) is 31.4 Å². The van der Waals surface area contributed by atoms with E-state index in [1.807, 2.05) is 24.3 Å². The summed E-state index contributed by atoms with van der Waals surface area (Å²) in [5, 5.41) is 12.6. The molecule has 0 atom stereocenters. The predicted molar refractivity (Wildman–Crippen MR) is 83.4 cm³/mol. The standard InChI is InChI=1S/C17H25NO3/c1-17(2,20)12-21-15-10-8-14(9-11-15)18-16(19)13-6-4-3-5-7-13/h8-11,13,20H,3-7,12H2,1-2H3,(H,18,19). The zero-order chi connectivity index (χ0) is 15.3. The van der Waals surface area contributed by atoms with Crippen LogP contribution in [0.3, 0.4) is 0 Å². The molecule has 21 heavy (non-hydrogen) atoms. The Hall–Kier alpha value is -1.55. The number of rotatable bonds is 5. The van der Waals surface area contributed by atoms with Crippen LogP contribution in [0.1, 0.15) is 46.0 Å². The number of benzene rings is 1. The zero-order valence-electron chi connectivity index (χ0n) is 12.9. The first-order chi connectivity index (χ1) is 9.94. The van der Waals surface area contributed by atoms with E-state index >= 15 is 0 Å². The van der Waals surface area contributed by atoms with Crippen molar-refractivity contribution in [2.45, 2.75) is 51.6 Å². The third-order valence-electron chi connectivity index (χ3n) is 3.69. The van der Waals surface area contributed by atoms with Crippen LogP contribution in [0.4, 0.5) is 5.69 Å². The van der Waals surface area contributed by atoms with Crippen LogP contribution < -0.4 is 10.1 Å². The van der Waals surface area contributed by atoms with Crippen molar-refractivity contribution in [3.8, 4) is 5.75 Å². The van der Waals surface area contributed by atoms with Gasteiger partial charge in [-0.1, -0.05) is 19.3 Å². The molecule has 116 valence electrons. The van der Waals surface area contributed by atoms with Crippen LogP contribution in [-0.4, -0.2) is 23.2 Å². The van der Waals surface area contributed by atoms with Crippen molar-refractivity contribution < 1.29 is 14.6 Å². The molecular weight excluding hydrogens is 266 g/mol. The van der Waals surface area contributed by atoms with Crippen LogP contribution in [0.2, 0.25) is 0 Å². The molecule has 2 N–H and O–H groups in total. The fourth-order valence-electron chi connectivity index (χ4n) is 2.50. The summed E-state index contributed by atoms with van der Waals surface area (Å²) >= 11 is 0. The van der Waals surface area contributed by atoms with E-state index in [0.29, 0.717) is 5.75 Å². The maximum absolute atomic E-state index is 12.1. The quantitative estimate of drug-likeness (QED) is 0.874. The molecule has 1 amide bonds. The average Bonchev–Trinajstić information content (AvgIpc) is 2.46. The van der Waals surface area contributed by atoms with E-state index < -0.39 is 5.60 Å². The summed E-state index contributed by atoms with van der Waals surface area (Å²) in [5.74, 6) is 0.970. The van der Waals surface area contributed by atoms with E-state index in [-0.39, 0.29) is 18.4 Å². The lowest BCUT2D eigenvalue weighted by Gasteiger charge is -2.21. The Morgan fingerprint density at radius 2 is 1.86 bits per heavy atom. The van der Waals surface area contributed by atoms with Crippen molar-refractivity contribution in [1.82, 2.24) is 0 Å². The molecule has 1 fully saturated rings. The number of carbonyl (C=O) groups is 1. The summed E-state index contributed by atoms with van der Waals surface area (Å²) in [6, 6.07) is 7.28. The van der Waals surface area contributed by atoms with Gasteiger partial charge < -0.3 is 15.2 Å². The monoisotopic (exact) mass is 291 g/mol. The maximum atomic E-state index is 12.1. The lowest BCUT2D eigenvalue weighted by Crippen LogP contribution is -2.27. The molecule has 1 aromatic carbocycles. The Morgan fingerprint density at radius 1 is 1.24 bits per heavy atom. The molecule has 4 heteroatoms. The SMILES string of the molecule is CC(C)(O)COc1ccc(NC(=O)C2CCCCC2)cc1. The number of ether oxygens (including phenoxy) is 1. The van der Waals surface area contributed by atoms with Crippen LogP contribution in [0.15, 0.2) is 24.3 Å². The van der Waals surface area contributed by atoms with Gasteiger partial charge in [-0.3, -0.25) is 4.79 Å². The van der Waals surface area contributed by atoms with Crippen LogP contribution in [0, 0.1) is 5.92 Å². The highest BCUT2D eigenvalue weighted by Gasteiger charge is 2.21. The Balaban J connectivity index is 1.85. The molecule has 4 nitrogen and oxygen atoms in total. The van der Waals surface area contributed by atoms with Gasteiger partial charge in [-0.25, -0.2) is 0 Å². The van der Waals surface area contributed by atoms with Gasteiger partial charge in [0, 0.05) is 11.6 Å². The van der Waals surface area contributed by atoms with Gasteiger partial charge in [-0.05, 0) is 51.0 Å². The van der Waals surface area contributed by atoms with E-state index in [9.17, 15) is 9.90 Å².